The first-order valence-corrected chi connectivity index (χ1v) is 7.47. The van der Waals surface area contributed by atoms with Crippen molar-refractivity contribution >= 4 is 38.4 Å². The van der Waals surface area contributed by atoms with Crippen LogP contribution in [0.5, 0.6) is 0 Å². The first-order chi connectivity index (χ1) is 7.49. The molecule has 9 heteroatoms. The fraction of sp³-hybridized carbons (Fsp3) is 0.625. The van der Waals surface area contributed by atoms with Gasteiger partial charge in [-0.2, -0.15) is 0 Å². The van der Waals surface area contributed by atoms with E-state index in [1.807, 2.05) is 4.90 Å². The van der Waals surface area contributed by atoms with Crippen LogP contribution in [0.1, 0.15) is 0 Å². The first-order valence-electron chi connectivity index (χ1n) is 4.61. The van der Waals surface area contributed by atoms with Crippen molar-refractivity contribution in [2.75, 3.05) is 32.1 Å². The molecule has 0 radical (unpaired) electrons. The minimum atomic E-state index is -4.27. The van der Waals surface area contributed by atoms with Gasteiger partial charge in [0.05, 0.1) is 13.2 Å². The van der Waals surface area contributed by atoms with Crippen LogP contribution in [-0.2, 0) is 14.9 Å². The van der Waals surface area contributed by atoms with Crippen LogP contribution in [0.4, 0.5) is 0 Å². The van der Waals surface area contributed by atoms with Crippen LogP contribution in [0.25, 0.3) is 0 Å². The van der Waals surface area contributed by atoms with Crippen molar-refractivity contribution in [3.63, 3.8) is 0 Å². The summed E-state index contributed by atoms with van der Waals surface area (Å²) in [7, 11) is -4.27. The molecule has 1 heterocycles. The van der Waals surface area contributed by atoms with Crippen LogP contribution in [0.3, 0.4) is 0 Å². The van der Waals surface area contributed by atoms with E-state index in [1.54, 1.807) is 0 Å². The van der Waals surface area contributed by atoms with Gasteiger partial charge in [-0.1, -0.05) is 30.1 Å². The van der Waals surface area contributed by atoms with E-state index in [2.05, 4.69) is 0 Å². The zero-order chi connectivity index (χ0) is 12.0. The van der Waals surface area contributed by atoms with Crippen molar-refractivity contribution in [3.8, 4) is 0 Å². The molecule has 0 aromatic rings. The molecule has 0 spiro atoms. The summed E-state index contributed by atoms with van der Waals surface area (Å²) in [4.78, 5) is 2.00. The minimum absolute atomic E-state index is 0. The van der Waals surface area contributed by atoms with E-state index in [-0.39, 0.29) is 51.4 Å². The van der Waals surface area contributed by atoms with Gasteiger partial charge >= 0.3 is 51.4 Å². The summed E-state index contributed by atoms with van der Waals surface area (Å²) < 4.78 is 36.7. The Labute approximate surface area is 154 Å². The number of rotatable bonds is 3. The second-order valence-corrected chi connectivity index (χ2v) is 5.95. The largest absolute Gasteiger partial charge is 1.00 e. The topological polar surface area (TPSA) is 69.7 Å². The summed E-state index contributed by atoms with van der Waals surface area (Å²) in [5.74, 6) is 0.387. The predicted molar refractivity (Wildman–Crippen MR) is 66.3 cm³/mol. The molecule has 1 rings (SSSR count). The Morgan fingerprint density at radius 1 is 1.47 bits per heavy atom. The molecule has 92 valence electrons. The van der Waals surface area contributed by atoms with Gasteiger partial charge in [-0.05, 0) is 0 Å². The predicted octanol–water partition coefficient (Wildman–Crippen LogP) is -2.60. The second kappa shape index (κ2) is 9.40. The quantitative estimate of drug-likeness (QED) is 0.321. The number of thioether (sulfide) groups is 1. The van der Waals surface area contributed by atoms with Gasteiger partial charge in [0.2, 0.25) is 0 Å². The van der Waals surface area contributed by atoms with E-state index >= 15 is 0 Å². The molecule has 0 aliphatic carbocycles. The molecule has 0 atom stereocenters. The molecule has 17 heavy (non-hydrogen) atoms. The maximum Gasteiger partial charge on any atom is 1.00 e. The molecule has 1 fully saturated rings. The van der Waals surface area contributed by atoms with E-state index < -0.39 is 10.1 Å². The Bertz CT molecular complexity index is 365. The Morgan fingerprint density at radius 2 is 2.06 bits per heavy atom. The third-order valence-electron chi connectivity index (χ3n) is 1.84. The second-order valence-electron chi connectivity index (χ2n) is 3.04. The van der Waals surface area contributed by atoms with Crippen molar-refractivity contribution in [2.24, 2.45) is 0 Å². The third kappa shape index (κ3) is 9.08. The maximum absolute atomic E-state index is 10.3. The standard InChI is InChI=1S/C8H13NO4S3.K/c10-16(11,12)7-1-6-15-8(14)9-2-4-13-5-3-9;/h1,7H,2-6H2,(H,10,11,12);/q;+1/p-1/b7-1-;. The fourth-order valence-corrected chi connectivity index (χ4v) is 2.65. The van der Waals surface area contributed by atoms with Gasteiger partial charge < -0.3 is 14.2 Å². The van der Waals surface area contributed by atoms with Crippen LogP contribution in [-0.4, -0.2) is 54.2 Å². The number of hydrogen-bond donors (Lipinski definition) is 0. The summed E-state index contributed by atoms with van der Waals surface area (Å²) >= 11 is 6.49. The number of hydrogen-bond acceptors (Lipinski definition) is 6. The molecular formula is C8H12KNO4S3. The molecule has 0 saturated carbocycles. The monoisotopic (exact) mass is 321 g/mol. The average Bonchev–Trinajstić information content (AvgIpc) is 2.24. The number of nitrogens with zero attached hydrogens (tertiary/aromatic N) is 1. The van der Waals surface area contributed by atoms with Crippen molar-refractivity contribution < 1.29 is 69.1 Å². The molecule has 0 N–H and O–H groups in total. The number of thiocarbonyl (C=S) groups is 1. The van der Waals surface area contributed by atoms with E-state index in [9.17, 15) is 13.0 Å². The molecule has 1 aliphatic rings. The molecule has 5 nitrogen and oxygen atoms in total. The van der Waals surface area contributed by atoms with Crippen LogP contribution >= 0.6 is 24.0 Å². The molecule has 0 aromatic carbocycles. The molecule has 0 amide bonds. The smallest absolute Gasteiger partial charge is 0.744 e. The minimum Gasteiger partial charge on any atom is -0.744 e. The van der Waals surface area contributed by atoms with Crippen molar-refractivity contribution in [2.45, 2.75) is 0 Å². The van der Waals surface area contributed by atoms with Gasteiger partial charge in [-0.3, -0.25) is 0 Å². The molecular weight excluding hydrogens is 309 g/mol. The Kier molecular flexibility index (Phi) is 10.2. The van der Waals surface area contributed by atoms with Crippen LogP contribution < -0.4 is 51.4 Å². The Morgan fingerprint density at radius 3 is 2.59 bits per heavy atom. The SMILES string of the molecule is O=S(=O)([O-])/C=C\CSC(=S)N1CCOCC1.[K+]. The molecule has 0 unspecified atom stereocenters. The molecule has 0 aromatic heterocycles. The van der Waals surface area contributed by atoms with Gasteiger partial charge in [-0.25, -0.2) is 8.42 Å². The molecule has 1 saturated heterocycles. The average molecular weight is 321 g/mol. The number of morpholine rings is 1. The van der Waals surface area contributed by atoms with Crippen molar-refractivity contribution in [1.82, 2.24) is 4.90 Å². The van der Waals surface area contributed by atoms with Crippen molar-refractivity contribution in [3.05, 3.63) is 11.5 Å². The number of ether oxygens (including phenoxy) is 1. The molecule has 1 aliphatic heterocycles. The summed E-state index contributed by atoms with van der Waals surface area (Å²) in [5, 5.41) is 0.655. The van der Waals surface area contributed by atoms with Crippen LogP contribution in [0, 0.1) is 0 Å². The van der Waals surface area contributed by atoms with Crippen molar-refractivity contribution in [1.29, 1.82) is 0 Å². The van der Waals surface area contributed by atoms with E-state index in [1.165, 1.54) is 17.8 Å². The van der Waals surface area contributed by atoms with E-state index in [0.29, 0.717) is 28.7 Å². The van der Waals surface area contributed by atoms with Gasteiger partial charge in [0.1, 0.15) is 14.4 Å². The van der Waals surface area contributed by atoms with Gasteiger partial charge in [0, 0.05) is 24.3 Å². The zero-order valence-corrected chi connectivity index (χ0v) is 15.1. The van der Waals surface area contributed by atoms with Gasteiger partial charge in [0.25, 0.3) is 0 Å². The maximum atomic E-state index is 10.3. The summed E-state index contributed by atoms with van der Waals surface area (Å²) in [6.07, 6.45) is 1.31. The Balaban J connectivity index is 0.00000256. The summed E-state index contributed by atoms with van der Waals surface area (Å²) in [6, 6.07) is 0. The van der Waals surface area contributed by atoms with E-state index in [0.717, 1.165) is 13.1 Å². The molecule has 0 bridgehead atoms. The van der Waals surface area contributed by atoms with Gasteiger partial charge in [-0.15, -0.1) is 0 Å². The van der Waals surface area contributed by atoms with Gasteiger partial charge in [0.15, 0.2) is 0 Å². The third-order valence-corrected chi connectivity index (χ3v) is 3.84. The van der Waals surface area contributed by atoms with Crippen LogP contribution in [0.15, 0.2) is 11.5 Å². The normalized spacial score (nSPS) is 16.9. The van der Waals surface area contributed by atoms with Crippen LogP contribution in [0.2, 0.25) is 0 Å². The summed E-state index contributed by atoms with van der Waals surface area (Å²) in [6.45, 7) is 2.84. The Hall–Kier alpha value is 1.49. The summed E-state index contributed by atoms with van der Waals surface area (Å²) in [5.41, 5.74) is 0. The first kappa shape index (κ1) is 18.5. The van der Waals surface area contributed by atoms with E-state index in [4.69, 9.17) is 17.0 Å². The zero-order valence-electron chi connectivity index (χ0n) is 9.50. The fourth-order valence-electron chi connectivity index (χ4n) is 1.11.